The molecule has 0 bridgehead atoms. The number of fused-ring (bicyclic) bond motifs is 1. The number of nitrogens with one attached hydrogen (secondary N) is 1. The predicted molar refractivity (Wildman–Crippen MR) is 118 cm³/mol. The van der Waals surface area contributed by atoms with Crippen LogP contribution in [-0.2, 0) is 11.3 Å². The van der Waals surface area contributed by atoms with Gasteiger partial charge in [-0.05, 0) is 61.5 Å². The van der Waals surface area contributed by atoms with Gasteiger partial charge in [0, 0.05) is 12.2 Å². The molecule has 3 aromatic carbocycles. The number of nitrogens with zero attached hydrogens (tertiary/aromatic N) is 1. The van der Waals surface area contributed by atoms with Crippen molar-refractivity contribution < 1.29 is 14.3 Å². The molecular formula is C24H28N2O3. The molecule has 0 saturated carbocycles. The summed E-state index contributed by atoms with van der Waals surface area (Å²) in [6.07, 6.45) is 0. The molecule has 152 valence electrons. The van der Waals surface area contributed by atoms with Gasteiger partial charge >= 0.3 is 0 Å². The molecule has 0 fully saturated rings. The van der Waals surface area contributed by atoms with Gasteiger partial charge in [-0.2, -0.15) is 0 Å². The molecule has 0 spiro atoms. The second-order valence-corrected chi connectivity index (χ2v) is 7.06. The molecule has 0 radical (unpaired) electrons. The van der Waals surface area contributed by atoms with Crippen LogP contribution in [0, 0.1) is 0 Å². The van der Waals surface area contributed by atoms with Gasteiger partial charge in [0.15, 0.2) is 11.5 Å². The van der Waals surface area contributed by atoms with Gasteiger partial charge in [-0.25, -0.2) is 0 Å². The molecule has 0 aromatic heterocycles. The van der Waals surface area contributed by atoms with Crippen LogP contribution in [0.5, 0.6) is 11.5 Å². The number of ether oxygens (including phenoxy) is 2. The fraction of sp³-hybridized carbons (Fsp3) is 0.292. The maximum absolute atomic E-state index is 12.7. The average Bonchev–Trinajstić information content (AvgIpc) is 2.74. The molecule has 0 aliphatic rings. The lowest BCUT2D eigenvalue weighted by Gasteiger charge is -2.24. The Kier molecular flexibility index (Phi) is 6.73. The fourth-order valence-electron chi connectivity index (χ4n) is 3.22. The zero-order chi connectivity index (χ0) is 20.8. The van der Waals surface area contributed by atoms with Crippen LogP contribution in [0.4, 0.5) is 5.69 Å². The maximum Gasteiger partial charge on any atom is 0.241 e. The Bertz CT molecular complexity index is 987. The van der Waals surface area contributed by atoms with Crippen molar-refractivity contribution in [1.82, 2.24) is 4.90 Å². The lowest BCUT2D eigenvalue weighted by atomic mass is 10.1. The topological polar surface area (TPSA) is 50.8 Å². The van der Waals surface area contributed by atoms with Crippen molar-refractivity contribution >= 4 is 22.4 Å². The quantitative estimate of drug-likeness (QED) is 0.603. The summed E-state index contributed by atoms with van der Waals surface area (Å²) in [5.74, 6) is 1.38. The van der Waals surface area contributed by atoms with Gasteiger partial charge in [-0.1, -0.05) is 36.4 Å². The summed E-state index contributed by atoms with van der Waals surface area (Å²) in [4.78, 5) is 14.8. The number of anilines is 1. The predicted octanol–water partition coefficient (Wildman–Crippen LogP) is 4.71. The van der Waals surface area contributed by atoms with E-state index in [-0.39, 0.29) is 11.9 Å². The summed E-state index contributed by atoms with van der Waals surface area (Å²) < 4.78 is 11.0. The molecule has 0 heterocycles. The molecule has 5 heteroatoms. The van der Waals surface area contributed by atoms with Crippen LogP contribution in [0.2, 0.25) is 0 Å². The number of rotatable bonds is 8. The highest BCUT2D eigenvalue weighted by Gasteiger charge is 2.19. The summed E-state index contributed by atoms with van der Waals surface area (Å²) in [6.45, 7) is 5.05. The van der Waals surface area contributed by atoms with Gasteiger partial charge in [0.2, 0.25) is 5.91 Å². The Morgan fingerprint density at radius 2 is 1.79 bits per heavy atom. The van der Waals surface area contributed by atoms with E-state index in [4.69, 9.17) is 9.47 Å². The van der Waals surface area contributed by atoms with Crippen LogP contribution >= 0.6 is 0 Å². The van der Waals surface area contributed by atoms with Gasteiger partial charge in [0.1, 0.15) is 0 Å². The number of amides is 1. The van der Waals surface area contributed by atoms with E-state index < -0.39 is 0 Å². The summed E-state index contributed by atoms with van der Waals surface area (Å²) in [6, 6.07) is 19.6. The van der Waals surface area contributed by atoms with Gasteiger partial charge in [0.25, 0.3) is 0 Å². The first kappa shape index (κ1) is 20.7. The highest BCUT2D eigenvalue weighted by atomic mass is 16.5. The maximum atomic E-state index is 12.7. The SMILES string of the molecule is CCOc1ccc(CN(C)[C@@H](C)C(=O)Nc2ccc3ccccc3c2)cc1OC. The Labute approximate surface area is 172 Å². The van der Waals surface area contributed by atoms with E-state index >= 15 is 0 Å². The summed E-state index contributed by atoms with van der Waals surface area (Å²) in [5.41, 5.74) is 1.86. The van der Waals surface area contributed by atoms with Crippen molar-refractivity contribution in [2.75, 3.05) is 26.1 Å². The Morgan fingerprint density at radius 1 is 1.03 bits per heavy atom. The van der Waals surface area contributed by atoms with Crippen LogP contribution in [0.15, 0.2) is 60.7 Å². The second-order valence-electron chi connectivity index (χ2n) is 7.06. The van der Waals surface area contributed by atoms with E-state index in [2.05, 4.69) is 11.4 Å². The minimum atomic E-state index is -0.293. The molecule has 1 N–H and O–H groups in total. The molecule has 3 aromatic rings. The van der Waals surface area contributed by atoms with E-state index in [1.54, 1.807) is 7.11 Å². The molecule has 0 saturated heterocycles. The molecule has 0 unspecified atom stereocenters. The number of likely N-dealkylation sites (N-methyl/N-ethyl adjacent to an activating group) is 1. The van der Waals surface area contributed by atoms with E-state index in [0.717, 1.165) is 27.8 Å². The van der Waals surface area contributed by atoms with Crippen molar-refractivity contribution in [1.29, 1.82) is 0 Å². The average molecular weight is 392 g/mol. The van der Waals surface area contributed by atoms with Crippen LogP contribution in [-0.4, -0.2) is 37.6 Å². The molecule has 1 amide bonds. The number of methoxy groups -OCH3 is 1. The summed E-state index contributed by atoms with van der Waals surface area (Å²) in [5, 5.41) is 5.28. The first-order chi connectivity index (χ1) is 14.0. The monoisotopic (exact) mass is 392 g/mol. The smallest absolute Gasteiger partial charge is 0.241 e. The van der Waals surface area contributed by atoms with E-state index in [1.165, 1.54) is 0 Å². The van der Waals surface area contributed by atoms with Crippen molar-refractivity contribution in [3.05, 3.63) is 66.2 Å². The highest BCUT2D eigenvalue weighted by molar-refractivity contribution is 5.97. The van der Waals surface area contributed by atoms with Crippen molar-refractivity contribution in [2.24, 2.45) is 0 Å². The molecule has 29 heavy (non-hydrogen) atoms. The molecular weight excluding hydrogens is 364 g/mol. The minimum Gasteiger partial charge on any atom is -0.493 e. The van der Waals surface area contributed by atoms with E-state index in [1.807, 2.05) is 80.4 Å². The van der Waals surface area contributed by atoms with Gasteiger partial charge in [-0.3, -0.25) is 9.69 Å². The van der Waals surface area contributed by atoms with E-state index in [0.29, 0.717) is 18.9 Å². The van der Waals surface area contributed by atoms with Gasteiger partial charge < -0.3 is 14.8 Å². The Balaban J connectivity index is 1.65. The summed E-state index contributed by atoms with van der Waals surface area (Å²) in [7, 11) is 3.57. The first-order valence-electron chi connectivity index (χ1n) is 9.81. The standard InChI is InChI=1S/C24H28N2O3/c1-5-29-22-13-10-18(14-23(22)28-4)16-26(3)17(2)24(27)25-21-12-11-19-8-6-7-9-20(19)15-21/h6-15,17H,5,16H2,1-4H3,(H,25,27)/t17-/m0/s1. The molecule has 0 aliphatic carbocycles. The number of hydrogen-bond acceptors (Lipinski definition) is 4. The fourth-order valence-corrected chi connectivity index (χ4v) is 3.22. The number of benzene rings is 3. The largest absolute Gasteiger partial charge is 0.493 e. The van der Waals surface area contributed by atoms with Crippen LogP contribution in [0.1, 0.15) is 19.4 Å². The van der Waals surface area contributed by atoms with Crippen LogP contribution in [0.3, 0.4) is 0 Å². The second kappa shape index (κ2) is 9.43. The van der Waals surface area contributed by atoms with E-state index in [9.17, 15) is 4.79 Å². The Morgan fingerprint density at radius 3 is 2.52 bits per heavy atom. The molecule has 0 aliphatic heterocycles. The highest BCUT2D eigenvalue weighted by Crippen LogP contribution is 2.28. The number of hydrogen-bond donors (Lipinski definition) is 1. The van der Waals surface area contributed by atoms with Gasteiger partial charge in [-0.15, -0.1) is 0 Å². The Hall–Kier alpha value is -3.05. The third-order valence-corrected chi connectivity index (χ3v) is 5.02. The van der Waals surface area contributed by atoms with Gasteiger partial charge in [0.05, 0.1) is 19.8 Å². The zero-order valence-corrected chi connectivity index (χ0v) is 17.4. The minimum absolute atomic E-state index is 0.0410. The zero-order valence-electron chi connectivity index (χ0n) is 17.4. The van der Waals surface area contributed by atoms with Crippen LogP contribution < -0.4 is 14.8 Å². The third-order valence-electron chi connectivity index (χ3n) is 5.02. The number of carbonyl (C=O) groups excluding carboxylic acids is 1. The normalized spacial score (nSPS) is 12.0. The van der Waals surface area contributed by atoms with Crippen molar-refractivity contribution in [3.63, 3.8) is 0 Å². The third kappa shape index (κ3) is 5.06. The lowest BCUT2D eigenvalue weighted by molar-refractivity contribution is -0.120. The van der Waals surface area contributed by atoms with Crippen molar-refractivity contribution in [2.45, 2.75) is 26.4 Å². The molecule has 3 rings (SSSR count). The molecule has 5 nitrogen and oxygen atoms in total. The summed E-state index contributed by atoms with van der Waals surface area (Å²) >= 11 is 0. The molecule has 1 atom stereocenters. The number of carbonyl (C=O) groups is 1. The first-order valence-corrected chi connectivity index (χ1v) is 9.81. The lowest BCUT2D eigenvalue weighted by Crippen LogP contribution is -2.39. The van der Waals surface area contributed by atoms with Crippen LogP contribution in [0.25, 0.3) is 10.8 Å². The van der Waals surface area contributed by atoms with Crippen molar-refractivity contribution in [3.8, 4) is 11.5 Å².